The van der Waals surface area contributed by atoms with Gasteiger partial charge in [-0.2, -0.15) is 0 Å². The molecular formula is C6H11Cl2O. The predicted octanol–water partition coefficient (Wildman–Crippen LogP) is 2.42. The van der Waals surface area contributed by atoms with E-state index in [-0.39, 0.29) is 5.38 Å². The highest BCUT2D eigenvalue weighted by molar-refractivity contribution is 6.28. The summed E-state index contributed by atoms with van der Waals surface area (Å²) in [6.07, 6.45) is 0.909. The first-order valence-electron chi connectivity index (χ1n) is 2.94. The van der Waals surface area contributed by atoms with Gasteiger partial charge < -0.3 is 4.74 Å². The molecule has 0 aliphatic heterocycles. The summed E-state index contributed by atoms with van der Waals surface area (Å²) in [5.41, 5.74) is 0. The lowest BCUT2D eigenvalue weighted by molar-refractivity contribution is 0.197. The van der Waals surface area contributed by atoms with Gasteiger partial charge in [-0.15, -0.1) is 23.2 Å². The van der Waals surface area contributed by atoms with Crippen LogP contribution in [0, 0.1) is 6.61 Å². The molecule has 0 rings (SSSR count). The summed E-state index contributed by atoms with van der Waals surface area (Å²) >= 11 is 11.0. The van der Waals surface area contributed by atoms with Crippen LogP contribution in [-0.4, -0.2) is 17.9 Å². The van der Waals surface area contributed by atoms with E-state index in [0.717, 1.165) is 6.42 Å². The van der Waals surface area contributed by atoms with E-state index in [9.17, 15) is 0 Å². The molecule has 1 radical (unpaired) electrons. The van der Waals surface area contributed by atoms with Crippen LogP contribution in [0.25, 0.3) is 0 Å². The molecule has 0 heterocycles. The molecule has 0 saturated carbocycles. The van der Waals surface area contributed by atoms with E-state index in [1.807, 2.05) is 6.92 Å². The minimum Gasteiger partial charge on any atom is -0.374 e. The molecule has 1 nitrogen and oxygen atoms in total. The van der Waals surface area contributed by atoms with E-state index in [1.54, 1.807) is 6.61 Å². The predicted molar refractivity (Wildman–Crippen MR) is 40.9 cm³/mol. The Balaban J connectivity index is 2.88. The molecule has 9 heavy (non-hydrogen) atoms. The molecule has 0 fully saturated rings. The molecule has 1 atom stereocenters. The third-order valence-corrected chi connectivity index (χ3v) is 1.54. The quantitative estimate of drug-likeness (QED) is 0.454. The first-order chi connectivity index (χ1) is 4.31. The van der Waals surface area contributed by atoms with Crippen molar-refractivity contribution in [2.24, 2.45) is 0 Å². The van der Waals surface area contributed by atoms with Crippen molar-refractivity contribution in [1.82, 2.24) is 0 Å². The molecule has 0 aliphatic rings. The largest absolute Gasteiger partial charge is 0.374 e. The third-order valence-electron chi connectivity index (χ3n) is 0.729. The lowest BCUT2D eigenvalue weighted by Gasteiger charge is -2.03. The number of hydrogen-bond acceptors (Lipinski definition) is 1. The Kier molecular flexibility index (Phi) is 7.06. The Morgan fingerprint density at radius 2 is 2.33 bits per heavy atom. The fourth-order valence-electron chi connectivity index (χ4n) is 0.335. The monoisotopic (exact) mass is 169 g/mol. The van der Waals surface area contributed by atoms with Crippen LogP contribution in [0.4, 0.5) is 0 Å². The van der Waals surface area contributed by atoms with Gasteiger partial charge in [0.05, 0.1) is 18.6 Å². The summed E-state index contributed by atoms with van der Waals surface area (Å²) < 4.78 is 4.99. The van der Waals surface area contributed by atoms with Crippen molar-refractivity contribution >= 4 is 23.2 Å². The molecule has 0 aromatic heterocycles. The van der Waals surface area contributed by atoms with Crippen molar-refractivity contribution in [1.29, 1.82) is 0 Å². The van der Waals surface area contributed by atoms with Crippen LogP contribution in [0.15, 0.2) is 0 Å². The van der Waals surface area contributed by atoms with Gasteiger partial charge in [0.15, 0.2) is 0 Å². The van der Waals surface area contributed by atoms with Gasteiger partial charge in [0.2, 0.25) is 0 Å². The van der Waals surface area contributed by atoms with Gasteiger partial charge in [0, 0.05) is 5.88 Å². The molecule has 0 bridgehead atoms. The summed E-state index contributed by atoms with van der Waals surface area (Å²) in [4.78, 5) is 0. The minimum absolute atomic E-state index is 0.0607. The summed E-state index contributed by atoms with van der Waals surface area (Å²) in [5.74, 6) is 0.444. The van der Waals surface area contributed by atoms with E-state index in [2.05, 4.69) is 0 Å². The van der Waals surface area contributed by atoms with Crippen molar-refractivity contribution in [3.05, 3.63) is 6.61 Å². The second-order valence-electron chi connectivity index (χ2n) is 1.66. The van der Waals surface area contributed by atoms with Crippen LogP contribution >= 0.6 is 23.2 Å². The Bertz CT molecular complexity index is 59.0. The molecule has 0 amide bonds. The zero-order valence-electron chi connectivity index (χ0n) is 5.44. The van der Waals surface area contributed by atoms with Gasteiger partial charge in [0.25, 0.3) is 0 Å². The van der Waals surface area contributed by atoms with E-state index >= 15 is 0 Å². The molecule has 0 aromatic carbocycles. The van der Waals surface area contributed by atoms with Crippen LogP contribution in [0.5, 0.6) is 0 Å². The molecule has 0 saturated heterocycles. The van der Waals surface area contributed by atoms with Crippen molar-refractivity contribution < 1.29 is 4.74 Å². The van der Waals surface area contributed by atoms with Gasteiger partial charge in [-0.05, 0) is 6.42 Å². The van der Waals surface area contributed by atoms with Crippen molar-refractivity contribution in [2.45, 2.75) is 18.7 Å². The van der Waals surface area contributed by atoms with E-state index < -0.39 is 0 Å². The van der Waals surface area contributed by atoms with E-state index in [4.69, 9.17) is 27.9 Å². The molecule has 3 heteroatoms. The van der Waals surface area contributed by atoms with Gasteiger partial charge >= 0.3 is 0 Å². The van der Waals surface area contributed by atoms with Gasteiger partial charge in [-0.1, -0.05) is 6.92 Å². The van der Waals surface area contributed by atoms with Crippen molar-refractivity contribution in [3.8, 4) is 0 Å². The average Bonchev–Trinajstić information content (AvgIpc) is 1.89. The van der Waals surface area contributed by atoms with Crippen molar-refractivity contribution in [2.75, 3.05) is 12.5 Å². The standard InChI is InChI=1S/C6H11Cl2O/c1-2-3-9-5-6(8)4-7/h3,6H,2,4-5H2,1H3. The smallest absolute Gasteiger partial charge is 0.0834 e. The van der Waals surface area contributed by atoms with Crippen LogP contribution in [-0.2, 0) is 4.74 Å². The first kappa shape index (κ1) is 9.54. The number of alkyl halides is 2. The topological polar surface area (TPSA) is 9.23 Å². The highest BCUT2D eigenvalue weighted by atomic mass is 35.5. The second-order valence-corrected chi connectivity index (χ2v) is 2.59. The van der Waals surface area contributed by atoms with Crippen LogP contribution in [0.3, 0.4) is 0 Å². The normalized spacial score (nSPS) is 13.7. The maximum Gasteiger partial charge on any atom is 0.0834 e. The van der Waals surface area contributed by atoms with Crippen LogP contribution in [0.2, 0.25) is 0 Å². The van der Waals surface area contributed by atoms with Crippen molar-refractivity contribution in [3.63, 3.8) is 0 Å². The molecule has 1 unspecified atom stereocenters. The molecule has 55 valence electrons. The fourth-order valence-corrected chi connectivity index (χ4v) is 0.497. The Hall–Kier alpha value is 0.540. The van der Waals surface area contributed by atoms with Gasteiger partial charge in [0.1, 0.15) is 0 Å². The maximum absolute atomic E-state index is 5.62. The average molecular weight is 170 g/mol. The van der Waals surface area contributed by atoms with E-state index in [0.29, 0.717) is 12.5 Å². The lowest BCUT2D eigenvalue weighted by Crippen LogP contribution is -2.08. The summed E-state index contributed by atoms with van der Waals surface area (Å²) in [7, 11) is 0. The highest BCUT2D eigenvalue weighted by Gasteiger charge is 2.00. The Morgan fingerprint density at radius 1 is 1.67 bits per heavy atom. The number of rotatable bonds is 5. The Labute approximate surface area is 66.3 Å². The fraction of sp³-hybridized carbons (Fsp3) is 0.833. The van der Waals surface area contributed by atoms with E-state index in [1.165, 1.54) is 0 Å². The first-order valence-corrected chi connectivity index (χ1v) is 3.91. The Morgan fingerprint density at radius 3 is 2.78 bits per heavy atom. The minimum atomic E-state index is -0.0607. The highest BCUT2D eigenvalue weighted by Crippen LogP contribution is 2.00. The maximum atomic E-state index is 5.62. The van der Waals surface area contributed by atoms with Crippen LogP contribution < -0.4 is 0 Å². The summed E-state index contributed by atoms with van der Waals surface area (Å²) in [6, 6.07) is 0. The van der Waals surface area contributed by atoms with Gasteiger partial charge in [-0.3, -0.25) is 0 Å². The lowest BCUT2D eigenvalue weighted by atomic mass is 10.5. The SMILES string of the molecule is CC[CH]OCC(Cl)CCl. The summed E-state index contributed by atoms with van der Waals surface area (Å²) in [6.45, 7) is 4.24. The zero-order valence-corrected chi connectivity index (χ0v) is 6.95. The number of halogens is 2. The number of ether oxygens (including phenoxy) is 1. The third kappa shape index (κ3) is 6.42. The number of hydrogen-bond donors (Lipinski definition) is 0. The molecule has 0 aliphatic carbocycles. The molecule has 0 aromatic rings. The second kappa shape index (κ2) is 6.66. The summed E-state index contributed by atoms with van der Waals surface area (Å²) in [5, 5.41) is -0.0607. The molecule has 0 spiro atoms. The molecule has 0 N–H and O–H groups in total. The van der Waals surface area contributed by atoms with Gasteiger partial charge in [-0.25, -0.2) is 0 Å². The van der Waals surface area contributed by atoms with Crippen LogP contribution in [0.1, 0.15) is 13.3 Å². The zero-order chi connectivity index (χ0) is 7.11. The molecular weight excluding hydrogens is 159 g/mol.